The van der Waals surface area contributed by atoms with Gasteiger partial charge in [0.15, 0.2) is 5.78 Å². The Hall–Kier alpha value is -1.78. The van der Waals surface area contributed by atoms with Crippen molar-refractivity contribution >= 4 is 5.78 Å². The highest BCUT2D eigenvalue weighted by atomic mass is 16.5. The number of allylic oxidation sites excluding steroid dienone is 2. The van der Waals surface area contributed by atoms with Crippen molar-refractivity contribution in [2.24, 2.45) is 17.3 Å². The van der Waals surface area contributed by atoms with Gasteiger partial charge in [-0.1, -0.05) is 45.2 Å². The Bertz CT molecular complexity index is 699. The smallest absolute Gasteiger partial charge is 0.187 e. The van der Waals surface area contributed by atoms with Crippen molar-refractivity contribution in [3.05, 3.63) is 55.4 Å². The molecule has 31 heavy (non-hydrogen) atoms. The van der Waals surface area contributed by atoms with Gasteiger partial charge in [0, 0.05) is 18.2 Å². The predicted molar refractivity (Wildman–Crippen MR) is 129 cm³/mol. The number of nitrogens with zero attached hydrogens (tertiary/aromatic N) is 2. The minimum Gasteiger partial charge on any atom is -0.376 e. The first-order valence-corrected chi connectivity index (χ1v) is 11.8. The summed E-state index contributed by atoms with van der Waals surface area (Å²) < 4.78 is 6.00. The molecule has 0 bridgehead atoms. The van der Waals surface area contributed by atoms with Gasteiger partial charge in [0.2, 0.25) is 0 Å². The molecule has 0 aliphatic carbocycles. The Morgan fingerprint density at radius 1 is 1.26 bits per heavy atom. The van der Waals surface area contributed by atoms with Gasteiger partial charge in [-0.15, -0.1) is 0 Å². The summed E-state index contributed by atoms with van der Waals surface area (Å²) in [6, 6.07) is 5.68. The van der Waals surface area contributed by atoms with Crippen LogP contribution in [0.4, 0.5) is 0 Å². The molecule has 2 aliphatic rings. The zero-order chi connectivity index (χ0) is 22.9. The van der Waals surface area contributed by atoms with Gasteiger partial charge in [-0.25, -0.2) is 0 Å². The normalized spacial score (nSPS) is 24.2. The number of piperidine rings is 1. The second kappa shape index (κ2) is 11.7. The molecule has 4 nitrogen and oxygen atoms in total. The molecule has 0 saturated carbocycles. The highest BCUT2D eigenvalue weighted by molar-refractivity contribution is 5.99. The number of likely N-dealkylation sites (tertiary alicyclic amines) is 1. The molecule has 1 atom stereocenters. The molecule has 2 saturated heterocycles. The van der Waals surface area contributed by atoms with Crippen LogP contribution in [0.5, 0.6) is 0 Å². The van der Waals surface area contributed by atoms with E-state index in [2.05, 4.69) is 50.7 Å². The highest BCUT2D eigenvalue weighted by Crippen LogP contribution is 2.49. The molecule has 0 spiro atoms. The molecule has 1 aromatic heterocycles. The molecule has 4 heteroatoms. The minimum absolute atomic E-state index is 0.236. The molecule has 1 aromatic rings. The van der Waals surface area contributed by atoms with Gasteiger partial charge in [0.25, 0.3) is 0 Å². The minimum atomic E-state index is -0.333. The van der Waals surface area contributed by atoms with Gasteiger partial charge in [-0.2, -0.15) is 0 Å². The first kappa shape index (κ1) is 25.5. The number of ether oxygens (including phenoxy) is 1. The Morgan fingerprint density at radius 2 is 1.94 bits per heavy atom. The van der Waals surface area contributed by atoms with Crippen LogP contribution in [0.15, 0.2) is 49.7 Å². The van der Waals surface area contributed by atoms with E-state index in [1.54, 1.807) is 18.3 Å². The monoisotopic (exact) mass is 426 g/mol. The first-order chi connectivity index (χ1) is 14.7. The summed E-state index contributed by atoms with van der Waals surface area (Å²) in [5, 5.41) is 0. The lowest BCUT2D eigenvalue weighted by Crippen LogP contribution is -2.52. The molecule has 1 unspecified atom stereocenters. The number of carbonyl (C=O) groups is 1. The maximum Gasteiger partial charge on any atom is 0.187 e. The van der Waals surface area contributed by atoms with Crippen LogP contribution in [-0.4, -0.2) is 47.5 Å². The maximum absolute atomic E-state index is 13.7. The number of hydrogen-bond donors (Lipinski definition) is 0. The first-order valence-electron chi connectivity index (χ1n) is 11.8. The Kier molecular flexibility index (Phi) is 9.64. The Morgan fingerprint density at radius 3 is 2.45 bits per heavy atom. The van der Waals surface area contributed by atoms with Crippen molar-refractivity contribution < 1.29 is 9.53 Å². The van der Waals surface area contributed by atoms with Crippen molar-refractivity contribution in [2.75, 3.05) is 26.2 Å². The zero-order valence-corrected chi connectivity index (χ0v) is 20.1. The van der Waals surface area contributed by atoms with E-state index in [4.69, 9.17) is 4.74 Å². The number of ketones is 1. The van der Waals surface area contributed by atoms with Crippen LogP contribution in [-0.2, 0) is 4.74 Å². The Labute approximate surface area is 189 Å². The second-order valence-electron chi connectivity index (χ2n) is 10.0. The fraction of sp³-hybridized carbons (Fsp3) is 0.630. The van der Waals surface area contributed by atoms with E-state index in [0.29, 0.717) is 18.2 Å². The van der Waals surface area contributed by atoms with E-state index in [1.807, 2.05) is 18.2 Å². The molecule has 3 heterocycles. The summed E-state index contributed by atoms with van der Waals surface area (Å²) in [6.45, 7) is 19.6. The van der Waals surface area contributed by atoms with Gasteiger partial charge in [0.1, 0.15) is 5.69 Å². The van der Waals surface area contributed by atoms with Crippen LogP contribution in [0.1, 0.15) is 70.3 Å². The SMILES string of the molecule is C=CC=C.CC(C)CCN1CCC(C2(C(=O)c3ccccn3)CCOC(C)(C)C2)CC1. The molecule has 0 N–H and O–H groups in total. The van der Waals surface area contributed by atoms with Gasteiger partial charge < -0.3 is 9.64 Å². The van der Waals surface area contributed by atoms with E-state index in [-0.39, 0.29) is 16.8 Å². The third kappa shape index (κ3) is 7.11. The van der Waals surface area contributed by atoms with E-state index < -0.39 is 0 Å². The third-order valence-corrected chi connectivity index (χ3v) is 6.69. The molecule has 3 rings (SSSR count). The van der Waals surface area contributed by atoms with E-state index in [9.17, 15) is 4.79 Å². The second-order valence-corrected chi connectivity index (χ2v) is 10.0. The fourth-order valence-electron chi connectivity index (χ4n) is 5.04. The van der Waals surface area contributed by atoms with E-state index >= 15 is 0 Å². The standard InChI is InChI=1S/C23H36N2O2.C4H6/c1-18(2)8-13-25-14-9-19(10-15-25)23(11-16-27-22(3,4)17-23)21(26)20-7-5-6-12-24-20;1-3-4-2/h5-7,12,18-19H,8-11,13-17H2,1-4H3;3-4H,1-2H2. The molecule has 0 radical (unpaired) electrons. The quantitative estimate of drug-likeness (QED) is 0.399. The lowest BCUT2D eigenvalue weighted by atomic mass is 9.60. The third-order valence-electron chi connectivity index (χ3n) is 6.69. The summed E-state index contributed by atoms with van der Waals surface area (Å²) in [6.07, 6.45) is 10.1. The molecule has 0 aromatic carbocycles. The van der Waals surface area contributed by atoms with Crippen molar-refractivity contribution in [3.8, 4) is 0 Å². The number of hydrogen-bond acceptors (Lipinski definition) is 4. The number of carbonyl (C=O) groups excluding carboxylic acids is 1. The number of pyridine rings is 1. The van der Waals surface area contributed by atoms with Crippen molar-refractivity contribution in [2.45, 2.75) is 65.4 Å². The zero-order valence-electron chi connectivity index (χ0n) is 20.1. The van der Waals surface area contributed by atoms with Gasteiger partial charge >= 0.3 is 0 Å². The number of rotatable bonds is 7. The summed E-state index contributed by atoms with van der Waals surface area (Å²) in [7, 11) is 0. The molecular formula is C27H42N2O2. The van der Waals surface area contributed by atoms with Crippen LogP contribution < -0.4 is 0 Å². The highest BCUT2D eigenvalue weighted by Gasteiger charge is 2.52. The molecule has 2 fully saturated rings. The molecule has 2 aliphatic heterocycles. The van der Waals surface area contributed by atoms with Crippen molar-refractivity contribution in [3.63, 3.8) is 0 Å². The van der Waals surface area contributed by atoms with Crippen LogP contribution in [0, 0.1) is 17.3 Å². The topological polar surface area (TPSA) is 42.4 Å². The lowest BCUT2D eigenvalue weighted by molar-refractivity contribution is -0.113. The summed E-state index contributed by atoms with van der Waals surface area (Å²) in [5.41, 5.74) is 0.0370. The lowest BCUT2D eigenvalue weighted by Gasteiger charge is -2.50. The van der Waals surface area contributed by atoms with Gasteiger partial charge in [-0.3, -0.25) is 9.78 Å². The van der Waals surface area contributed by atoms with Gasteiger partial charge in [-0.05, 0) is 89.6 Å². The number of Topliss-reactive ketones (excluding diaryl/α,β-unsaturated/α-hetero) is 1. The average molecular weight is 427 g/mol. The van der Waals surface area contributed by atoms with Crippen LogP contribution in [0.3, 0.4) is 0 Å². The van der Waals surface area contributed by atoms with Gasteiger partial charge in [0.05, 0.1) is 5.60 Å². The Balaban J connectivity index is 0.000000785. The summed E-state index contributed by atoms with van der Waals surface area (Å²) >= 11 is 0. The molecule has 0 amide bonds. The van der Waals surface area contributed by atoms with E-state index in [1.165, 1.54) is 13.0 Å². The molecular weight excluding hydrogens is 384 g/mol. The fourth-order valence-corrected chi connectivity index (χ4v) is 5.04. The van der Waals surface area contributed by atoms with E-state index in [0.717, 1.165) is 44.7 Å². The van der Waals surface area contributed by atoms with Crippen LogP contribution in [0.25, 0.3) is 0 Å². The molecule has 172 valence electrons. The van der Waals surface area contributed by atoms with Crippen LogP contribution >= 0.6 is 0 Å². The summed E-state index contributed by atoms with van der Waals surface area (Å²) in [5.74, 6) is 1.40. The van der Waals surface area contributed by atoms with Crippen LogP contribution in [0.2, 0.25) is 0 Å². The maximum atomic E-state index is 13.7. The average Bonchev–Trinajstić information content (AvgIpc) is 2.77. The van der Waals surface area contributed by atoms with Crippen molar-refractivity contribution in [1.82, 2.24) is 9.88 Å². The summed E-state index contributed by atoms with van der Waals surface area (Å²) in [4.78, 5) is 20.7. The van der Waals surface area contributed by atoms with Crippen molar-refractivity contribution in [1.29, 1.82) is 0 Å². The number of aromatic nitrogens is 1. The largest absolute Gasteiger partial charge is 0.376 e. The predicted octanol–water partition coefficient (Wildman–Crippen LogP) is 5.96.